The van der Waals surface area contributed by atoms with Crippen LogP contribution in [0.2, 0.25) is 0 Å². The van der Waals surface area contributed by atoms with E-state index in [0.717, 1.165) is 11.7 Å². The molecule has 0 aromatic carbocycles. The zero-order chi connectivity index (χ0) is 8.20. The van der Waals surface area contributed by atoms with Crippen molar-refractivity contribution in [3.8, 4) is 0 Å². The lowest BCUT2D eigenvalue weighted by molar-refractivity contribution is 0.202. The van der Waals surface area contributed by atoms with Gasteiger partial charge >= 0.3 is 0 Å². The molecule has 0 radical (unpaired) electrons. The molecule has 0 amide bonds. The Morgan fingerprint density at radius 1 is 1.40 bits per heavy atom. The number of rotatable bonds is 4. The van der Waals surface area contributed by atoms with Crippen LogP contribution in [-0.2, 0) is 0 Å². The molecule has 0 bridgehead atoms. The third kappa shape index (κ3) is 2.53. The number of thiol groups is 1. The summed E-state index contributed by atoms with van der Waals surface area (Å²) in [6.07, 6.45) is 2.51. The third-order valence-corrected chi connectivity index (χ3v) is 3.11. The van der Waals surface area contributed by atoms with E-state index in [2.05, 4.69) is 40.3 Å². The lowest BCUT2D eigenvalue weighted by atomic mass is 9.75. The number of hydrogen-bond acceptors (Lipinski definition) is 1. The summed E-state index contributed by atoms with van der Waals surface area (Å²) in [4.78, 5) is 0. The Morgan fingerprint density at radius 3 is 2.00 bits per heavy atom. The van der Waals surface area contributed by atoms with Crippen molar-refractivity contribution >= 4 is 12.6 Å². The summed E-state index contributed by atoms with van der Waals surface area (Å²) >= 11 is 4.26. The van der Waals surface area contributed by atoms with Gasteiger partial charge in [0.15, 0.2) is 0 Å². The summed E-state index contributed by atoms with van der Waals surface area (Å²) < 4.78 is 0. The average molecular weight is 160 g/mol. The van der Waals surface area contributed by atoms with Gasteiger partial charge in [0.2, 0.25) is 0 Å². The van der Waals surface area contributed by atoms with E-state index < -0.39 is 0 Å². The van der Waals surface area contributed by atoms with Crippen molar-refractivity contribution in [3.63, 3.8) is 0 Å². The molecular formula is C9H20S. The van der Waals surface area contributed by atoms with Gasteiger partial charge in [0.1, 0.15) is 0 Å². The lowest BCUT2D eigenvalue weighted by Crippen LogP contribution is -2.22. The van der Waals surface area contributed by atoms with Crippen LogP contribution in [0, 0.1) is 11.3 Å². The zero-order valence-electron chi connectivity index (χ0n) is 7.65. The van der Waals surface area contributed by atoms with Gasteiger partial charge in [-0.05, 0) is 23.5 Å². The summed E-state index contributed by atoms with van der Waals surface area (Å²) in [6.45, 7) is 9.22. The normalized spacial score (nSPS) is 17.4. The summed E-state index contributed by atoms with van der Waals surface area (Å²) in [5, 5.41) is 0. The minimum absolute atomic E-state index is 0.516. The van der Waals surface area contributed by atoms with Crippen LogP contribution in [0.5, 0.6) is 0 Å². The van der Waals surface area contributed by atoms with Crippen molar-refractivity contribution in [1.82, 2.24) is 0 Å². The Balaban J connectivity index is 3.94. The molecule has 0 saturated heterocycles. The van der Waals surface area contributed by atoms with E-state index in [1.165, 1.54) is 12.8 Å². The molecule has 0 N–H and O–H groups in total. The fourth-order valence-corrected chi connectivity index (χ4v) is 1.64. The van der Waals surface area contributed by atoms with Gasteiger partial charge in [-0.25, -0.2) is 0 Å². The van der Waals surface area contributed by atoms with Gasteiger partial charge in [-0.3, -0.25) is 0 Å². The van der Waals surface area contributed by atoms with Gasteiger partial charge in [0, 0.05) is 0 Å². The van der Waals surface area contributed by atoms with Gasteiger partial charge in [-0.2, -0.15) is 12.6 Å². The Bertz CT molecular complexity index is 88.7. The molecule has 1 unspecified atom stereocenters. The highest BCUT2D eigenvalue weighted by Crippen LogP contribution is 2.34. The van der Waals surface area contributed by atoms with Gasteiger partial charge in [0.25, 0.3) is 0 Å². The molecule has 0 heterocycles. The van der Waals surface area contributed by atoms with Crippen LogP contribution in [0.15, 0.2) is 0 Å². The molecule has 1 atom stereocenters. The van der Waals surface area contributed by atoms with Crippen LogP contribution in [0.3, 0.4) is 0 Å². The molecule has 62 valence electrons. The van der Waals surface area contributed by atoms with E-state index in [9.17, 15) is 0 Å². The summed E-state index contributed by atoms with van der Waals surface area (Å²) in [5.41, 5.74) is 0.516. The van der Waals surface area contributed by atoms with Crippen molar-refractivity contribution < 1.29 is 0 Å². The second-order valence-corrected chi connectivity index (χ2v) is 4.08. The Labute approximate surface area is 70.8 Å². The maximum atomic E-state index is 4.26. The fourth-order valence-electron chi connectivity index (χ4n) is 1.13. The molecule has 0 aliphatic heterocycles. The van der Waals surface area contributed by atoms with Crippen LogP contribution < -0.4 is 0 Å². The molecule has 0 aromatic heterocycles. The summed E-state index contributed by atoms with van der Waals surface area (Å²) in [7, 11) is 0. The standard InChI is InChI=1S/C9H20S/c1-5-9(4,6-7-10)8(2)3/h8,10H,5-7H2,1-4H3. The Morgan fingerprint density at radius 2 is 1.90 bits per heavy atom. The van der Waals surface area contributed by atoms with Gasteiger partial charge in [-0.1, -0.05) is 34.1 Å². The van der Waals surface area contributed by atoms with Gasteiger partial charge in [-0.15, -0.1) is 0 Å². The fraction of sp³-hybridized carbons (Fsp3) is 1.00. The van der Waals surface area contributed by atoms with Gasteiger partial charge < -0.3 is 0 Å². The van der Waals surface area contributed by atoms with Crippen molar-refractivity contribution in [3.05, 3.63) is 0 Å². The van der Waals surface area contributed by atoms with E-state index in [-0.39, 0.29) is 0 Å². The SMILES string of the molecule is CCC(C)(CCS)C(C)C. The lowest BCUT2D eigenvalue weighted by Gasteiger charge is -2.32. The van der Waals surface area contributed by atoms with Gasteiger partial charge in [0.05, 0.1) is 0 Å². The number of hydrogen-bond donors (Lipinski definition) is 1. The van der Waals surface area contributed by atoms with Crippen LogP contribution in [-0.4, -0.2) is 5.75 Å². The maximum Gasteiger partial charge on any atom is -0.00926 e. The molecular weight excluding hydrogens is 140 g/mol. The van der Waals surface area contributed by atoms with E-state index in [1.54, 1.807) is 0 Å². The van der Waals surface area contributed by atoms with Crippen molar-refractivity contribution in [1.29, 1.82) is 0 Å². The largest absolute Gasteiger partial charge is 0.179 e. The highest BCUT2D eigenvalue weighted by molar-refractivity contribution is 7.80. The molecule has 0 aliphatic carbocycles. The average Bonchev–Trinajstić information content (AvgIpc) is 1.88. The topological polar surface area (TPSA) is 0 Å². The molecule has 0 aliphatic rings. The van der Waals surface area contributed by atoms with Crippen molar-refractivity contribution in [2.24, 2.45) is 11.3 Å². The smallest absolute Gasteiger partial charge is 0.00926 e. The highest BCUT2D eigenvalue weighted by Gasteiger charge is 2.24. The van der Waals surface area contributed by atoms with Crippen LogP contribution in [0.4, 0.5) is 0 Å². The molecule has 0 aromatic rings. The minimum atomic E-state index is 0.516. The Kier molecular flexibility index (Phi) is 4.42. The van der Waals surface area contributed by atoms with Crippen LogP contribution >= 0.6 is 12.6 Å². The Hall–Kier alpha value is 0.350. The van der Waals surface area contributed by atoms with E-state index >= 15 is 0 Å². The molecule has 0 fully saturated rings. The highest BCUT2D eigenvalue weighted by atomic mass is 32.1. The third-order valence-electron chi connectivity index (χ3n) is 2.88. The van der Waals surface area contributed by atoms with Crippen molar-refractivity contribution in [2.75, 3.05) is 5.75 Å². The first-order valence-electron chi connectivity index (χ1n) is 4.17. The molecule has 0 saturated carbocycles. The molecule has 1 heteroatoms. The molecule has 0 spiro atoms. The van der Waals surface area contributed by atoms with Crippen LogP contribution in [0.25, 0.3) is 0 Å². The minimum Gasteiger partial charge on any atom is -0.179 e. The quantitative estimate of drug-likeness (QED) is 0.599. The first-order chi connectivity index (χ1) is 4.56. The first kappa shape index (κ1) is 10.3. The molecule has 0 nitrogen and oxygen atoms in total. The molecule has 10 heavy (non-hydrogen) atoms. The monoisotopic (exact) mass is 160 g/mol. The predicted octanol–water partition coefficient (Wildman–Crippen LogP) is 3.38. The van der Waals surface area contributed by atoms with E-state index in [1.807, 2.05) is 0 Å². The van der Waals surface area contributed by atoms with E-state index in [4.69, 9.17) is 0 Å². The molecule has 0 rings (SSSR count). The summed E-state index contributed by atoms with van der Waals surface area (Å²) in [5.74, 6) is 1.80. The maximum absolute atomic E-state index is 4.26. The predicted molar refractivity (Wildman–Crippen MR) is 51.7 cm³/mol. The first-order valence-corrected chi connectivity index (χ1v) is 4.81. The van der Waals surface area contributed by atoms with E-state index in [0.29, 0.717) is 5.41 Å². The van der Waals surface area contributed by atoms with Crippen molar-refractivity contribution in [2.45, 2.75) is 40.5 Å². The summed E-state index contributed by atoms with van der Waals surface area (Å²) in [6, 6.07) is 0. The second-order valence-electron chi connectivity index (χ2n) is 3.64. The zero-order valence-corrected chi connectivity index (χ0v) is 8.54. The second kappa shape index (κ2) is 4.27. The van der Waals surface area contributed by atoms with Crippen LogP contribution in [0.1, 0.15) is 40.5 Å².